The summed E-state index contributed by atoms with van der Waals surface area (Å²) in [5.41, 5.74) is 3.77. The van der Waals surface area contributed by atoms with Gasteiger partial charge in [-0.05, 0) is 6.92 Å². The van der Waals surface area contributed by atoms with Crippen molar-refractivity contribution in [3.05, 3.63) is 33.4 Å². The molecule has 0 radical (unpaired) electrons. The number of anilines is 1. The fraction of sp³-hybridized carbons (Fsp3) is 0.500. The maximum atomic E-state index is 13.2. The number of fused-ring (bicyclic) bond motifs is 4. The van der Waals surface area contributed by atoms with E-state index < -0.39 is 89.1 Å². The number of phosphoric acid groups is 2. The molecule has 7 heterocycles. The van der Waals surface area contributed by atoms with E-state index in [1.54, 1.807) is 6.92 Å². The van der Waals surface area contributed by atoms with Gasteiger partial charge in [0.1, 0.15) is 36.6 Å². The van der Waals surface area contributed by atoms with Gasteiger partial charge in [0, 0.05) is 6.21 Å². The standard InChI is InChI=1S/C22H26N10O14P2/c1-2-24-22-28-16-10(18(36)30-22)26-6-32(16)20-12(34)14-8(44-20)4-42-47(37,38)45-13-7(3-41-48(39,40)46-14)43-19(11(13)33)31-5-25-9-15(31)27-21(23)29-17(9)35/h2,5-8,11-14,19-20,33-34H,3-4H2,1H3,(H,37,38)(H,39,40)(H,28,30,36)(H3,23,27,29,35)/t7-,8-,11?,12?,13+,14+,19-,20-/m1/s1. The Morgan fingerprint density at radius 2 is 1.35 bits per heavy atom. The number of aliphatic imine (C=N–C) groups is 1. The fourth-order valence-corrected chi connectivity index (χ4v) is 7.47. The van der Waals surface area contributed by atoms with Crippen molar-refractivity contribution < 1.29 is 56.7 Å². The van der Waals surface area contributed by atoms with Gasteiger partial charge in [-0.3, -0.25) is 46.8 Å². The Kier molecular flexibility index (Phi) is 8.17. The molecule has 4 unspecified atom stereocenters. The maximum Gasteiger partial charge on any atom is 0.472 e. The molecule has 10 atom stereocenters. The van der Waals surface area contributed by atoms with Crippen LogP contribution in [0, 0.1) is 0 Å². The monoisotopic (exact) mass is 716 g/mol. The number of H-pyrrole nitrogens is 2. The van der Waals surface area contributed by atoms with Crippen molar-refractivity contribution in [3.63, 3.8) is 0 Å². The molecule has 26 heteroatoms. The van der Waals surface area contributed by atoms with E-state index in [1.165, 1.54) is 6.21 Å². The zero-order chi connectivity index (χ0) is 34.1. The summed E-state index contributed by atoms with van der Waals surface area (Å²) in [6.45, 7) is -0.148. The van der Waals surface area contributed by atoms with Gasteiger partial charge in [0.2, 0.25) is 11.9 Å². The SMILES string of the molecule is CC=Nc1nc2c(ncn2[C@@H]2O[C@@H]3COP(=O)(O)O[C@@H]4C(O)[C@H](n5cnc6c(=O)[nH]c(N)nc65)O[C@@H]4COP(=O)(O)O[C@@H]3C2O)c(=O)[nH]1. The van der Waals surface area contributed by atoms with E-state index >= 15 is 0 Å². The van der Waals surface area contributed by atoms with Crippen LogP contribution in [0.1, 0.15) is 19.4 Å². The molecule has 4 aromatic rings. The second kappa shape index (κ2) is 12.0. The molecule has 4 aromatic heterocycles. The highest BCUT2D eigenvalue weighted by atomic mass is 31.2. The van der Waals surface area contributed by atoms with Gasteiger partial charge >= 0.3 is 15.6 Å². The van der Waals surface area contributed by atoms with E-state index in [9.17, 15) is 38.7 Å². The Bertz CT molecular complexity index is 2130. The highest BCUT2D eigenvalue weighted by Gasteiger charge is 2.54. The van der Waals surface area contributed by atoms with Gasteiger partial charge in [-0.25, -0.2) is 24.1 Å². The number of imidazole rings is 2. The van der Waals surface area contributed by atoms with Gasteiger partial charge in [0.25, 0.3) is 11.1 Å². The number of nitrogens with two attached hydrogens (primary N) is 1. The van der Waals surface area contributed by atoms with E-state index in [0.29, 0.717) is 0 Å². The van der Waals surface area contributed by atoms with Crippen LogP contribution < -0.4 is 16.9 Å². The van der Waals surface area contributed by atoms with Crippen molar-refractivity contribution in [3.8, 4) is 0 Å². The number of aliphatic hydroxyl groups excluding tert-OH is 2. The van der Waals surface area contributed by atoms with Crippen LogP contribution in [-0.4, -0.2) is 115 Å². The molecule has 3 fully saturated rings. The summed E-state index contributed by atoms with van der Waals surface area (Å²) < 4.78 is 60.9. The van der Waals surface area contributed by atoms with Gasteiger partial charge in [0.15, 0.2) is 34.8 Å². The highest BCUT2D eigenvalue weighted by molar-refractivity contribution is 7.47. The molecule has 0 aromatic carbocycles. The van der Waals surface area contributed by atoms with Crippen LogP contribution in [0.2, 0.25) is 0 Å². The molecule has 24 nitrogen and oxygen atoms in total. The lowest BCUT2D eigenvalue weighted by Crippen LogP contribution is -2.39. The number of aromatic amines is 2. The predicted molar refractivity (Wildman–Crippen MR) is 156 cm³/mol. The minimum absolute atomic E-state index is 0.0806. The molecular formula is C22H26N10O14P2. The van der Waals surface area contributed by atoms with Gasteiger partial charge in [-0.15, -0.1) is 0 Å². The van der Waals surface area contributed by atoms with Gasteiger partial charge < -0.3 is 35.2 Å². The Morgan fingerprint density at radius 3 is 1.85 bits per heavy atom. The number of aromatic nitrogens is 8. The quantitative estimate of drug-likeness (QED) is 0.0898. The maximum absolute atomic E-state index is 13.2. The second-order valence-electron chi connectivity index (χ2n) is 10.7. The van der Waals surface area contributed by atoms with Crippen LogP contribution in [0.5, 0.6) is 0 Å². The predicted octanol–water partition coefficient (Wildman–Crippen LogP) is -1.91. The minimum Gasteiger partial charge on any atom is -0.386 e. The number of nitrogen functional groups attached to an aromatic ring is 1. The zero-order valence-corrected chi connectivity index (χ0v) is 26.0. The smallest absolute Gasteiger partial charge is 0.386 e. The molecule has 0 amide bonds. The Labute approximate surface area is 265 Å². The first kappa shape index (κ1) is 32.8. The third kappa shape index (κ3) is 5.80. The topological polar surface area (TPSA) is 336 Å². The molecular weight excluding hydrogens is 690 g/mol. The largest absolute Gasteiger partial charge is 0.472 e. The molecule has 8 N–H and O–H groups in total. The summed E-state index contributed by atoms with van der Waals surface area (Å²) in [5.74, 6) is -0.368. The van der Waals surface area contributed by atoms with Crippen LogP contribution in [0.3, 0.4) is 0 Å². The summed E-state index contributed by atoms with van der Waals surface area (Å²) in [7, 11) is -10.2. The lowest BCUT2D eigenvalue weighted by molar-refractivity contribution is -0.0664. The van der Waals surface area contributed by atoms with E-state index in [1.807, 2.05) is 0 Å². The first-order valence-corrected chi connectivity index (χ1v) is 16.9. The van der Waals surface area contributed by atoms with Crippen molar-refractivity contribution in [2.45, 2.75) is 56.0 Å². The highest BCUT2D eigenvalue weighted by Crippen LogP contribution is 2.53. The average Bonchev–Trinajstić information content (AvgIpc) is 3.76. The molecule has 0 saturated carbocycles. The first-order chi connectivity index (χ1) is 22.7. The van der Waals surface area contributed by atoms with Crippen LogP contribution in [0.25, 0.3) is 22.3 Å². The summed E-state index contributed by atoms with van der Waals surface area (Å²) in [6.07, 6.45) is -9.48. The number of ether oxygens (including phenoxy) is 2. The Morgan fingerprint density at radius 1 is 0.875 bits per heavy atom. The molecule has 3 aliphatic rings. The van der Waals surface area contributed by atoms with E-state index in [2.05, 4.69) is 34.9 Å². The Hall–Kier alpha value is -3.77. The molecule has 0 bridgehead atoms. The third-order valence-corrected chi connectivity index (χ3v) is 9.57. The molecule has 3 aliphatic heterocycles. The normalized spacial score (nSPS) is 36.3. The van der Waals surface area contributed by atoms with Crippen molar-refractivity contribution in [2.24, 2.45) is 4.99 Å². The van der Waals surface area contributed by atoms with Crippen molar-refractivity contribution in [2.75, 3.05) is 18.9 Å². The molecule has 0 aliphatic carbocycles. The van der Waals surface area contributed by atoms with Crippen LogP contribution >= 0.6 is 15.6 Å². The van der Waals surface area contributed by atoms with Crippen LogP contribution in [0.4, 0.5) is 11.9 Å². The second-order valence-corrected chi connectivity index (χ2v) is 13.5. The summed E-state index contributed by atoms with van der Waals surface area (Å²) >= 11 is 0. The van der Waals surface area contributed by atoms with Crippen LogP contribution in [-0.2, 0) is 36.7 Å². The van der Waals surface area contributed by atoms with Crippen molar-refractivity contribution in [1.82, 2.24) is 39.0 Å². The zero-order valence-electron chi connectivity index (χ0n) is 24.2. The number of phosphoric ester groups is 2. The molecule has 0 spiro atoms. The van der Waals surface area contributed by atoms with Crippen molar-refractivity contribution in [1.29, 1.82) is 0 Å². The van der Waals surface area contributed by atoms with Gasteiger partial charge in [-0.1, -0.05) is 0 Å². The number of rotatable bonds is 3. The van der Waals surface area contributed by atoms with E-state index in [0.717, 1.165) is 21.8 Å². The van der Waals surface area contributed by atoms with Crippen molar-refractivity contribution >= 4 is 56.1 Å². The average molecular weight is 716 g/mol. The Balaban J connectivity index is 1.17. The third-order valence-electron chi connectivity index (χ3n) is 7.60. The summed E-state index contributed by atoms with van der Waals surface area (Å²) in [6, 6.07) is 0. The lowest BCUT2D eigenvalue weighted by atomic mass is 10.1. The molecule has 3 saturated heterocycles. The fourth-order valence-electron chi connectivity index (χ4n) is 5.54. The number of aliphatic hydroxyl groups is 2. The van der Waals surface area contributed by atoms with E-state index in [-0.39, 0.29) is 34.2 Å². The minimum atomic E-state index is -5.11. The summed E-state index contributed by atoms with van der Waals surface area (Å²) in [5, 5.41) is 22.4. The lowest BCUT2D eigenvalue weighted by Gasteiger charge is -2.27. The van der Waals surface area contributed by atoms with Crippen LogP contribution in [0.15, 0.2) is 27.2 Å². The number of nitrogens with one attached hydrogen (secondary N) is 2. The first-order valence-electron chi connectivity index (χ1n) is 13.9. The number of hydrogen-bond donors (Lipinski definition) is 7. The molecule has 7 rings (SSSR count). The van der Waals surface area contributed by atoms with E-state index in [4.69, 9.17) is 33.3 Å². The number of hydrogen-bond acceptors (Lipinski definition) is 18. The molecule has 258 valence electrons. The van der Waals surface area contributed by atoms with Gasteiger partial charge in [-0.2, -0.15) is 9.97 Å². The summed E-state index contributed by atoms with van der Waals surface area (Å²) in [4.78, 5) is 70.7. The number of nitrogens with zero attached hydrogens (tertiary/aromatic N) is 7. The van der Waals surface area contributed by atoms with Gasteiger partial charge in [0.05, 0.1) is 25.9 Å². The molecule has 48 heavy (non-hydrogen) atoms.